The lowest BCUT2D eigenvalue weighted by Gasteiger charge is -2.20. The van der Waals surface area contributed by atoms with Crippen LogP contribution in [0.5, 0.6) is 11.5 Å². The highest BCUT2D eigenvalue weighted by Crippen LogP contribution is 2.38. The Labute approximate surface area is 163 Å². The van der Waals surface area contributed by atoms with E-state index >= 15 is 0 Å². The van der Waals surface area contributed by atoms with Gasteiger partial charge in [-0.15, -0.1) is 0 Å². The zero-order valence-electron chi connectivity index (χ0n) is 16.0. The summed E-state index contributed by atoms with van der Waals surface area (Å²) in [6.07, 6.45) is 2.29. The first-order valence-electron chi connectivity index (χ1n) is 9.44. The molecule has 144 valence electrons. The number of fused-ring (bicyclic) bond motifs is 1. The van der Waals surface area contributed by atoms with Gasteiger partial charge in [0, 0.05) is 17.8 Å². The number of benzene rings is 2. The predicted octanol–water partition coefficient (Wildman–Crippen LogP) is 3.69. The lowest BCUT2D eigenvalue weighted by Crippen LogP contribution is -2.32. The number of phenolic OH excluding ortho intramolecular Hbond substituents is 1. The molecule has 0 atom stereocenters. The molecule has 2 aromatic carbocycles. The van der Waals surface area contributed by atoms with Gasteiger partial charge in [-0.3, -0.25) is 9.89 Å². The molecule has 6 nitrogen and oxygen atoms in total. The van der Waals surface area contributed by atoms with E-state index in [1.165, 1.54) is 0 Å². The Morgan fingerprint density at radius 1 is 1.32 bits per heavy atom. The lowest BCUT2D eigenvalue weighted by atomic mass is 9.97. The van der Waals surface area contributed by atoms with Crippen molar-refractivity contribution in [3.8, 4) is 22.6 Å². The Morgan fingerprint density at radius 2 is 2.14 bits per heavy atom. The fraction of sp³-hybridized carbons (Fsp3) is 0.273. The summed E-state index contributed by atoms with van der Waals surface area (Å²) in [4.78, 5) is 14.8. The zero-order chi connectivity index (χ0) is 19.7. The third-order valence-corrected chi connectivity index (χ3v) is 5.16. The van der Waals surface area contributed by atoms with Crippen LogP contribution >= 0.6 is 0 Å². The van der Waals surface area contributed by atoms with Crippen molar-refractivity contribution in [2.75, 3.05) is 13.2 Å². The number of carbonyl (C=O) groups excluding carboxylic acids is 1. The quantitative estimate of drug-likeness (QED) is 0.730. The third-order valence-electron chi connectivity index (χ3n) is 5.16. The number of amides is 1. The number of aryl methyl sites for hydroxylation is 2. The first-order chi connectivity index (χ1) is 13.6. The molecule has 0 aliphatic carbocycles. The van der Waals surface area contributed by atoms with Gasteiger partial charge in [0.15, 0.2) is 11.5 Å². The molecular weight excluding hydrogens is 354 g/mol. The van der Waals surface area contributed by atoms with Crippen LogP contribution in [-0.2, 0) is 13.0 Å². The maximum absolute atomic E-state index is 13.0. The van der Waals surface area contributed by atoms with Gasteiger partial charge in [-0.25, -0.2) is 0 Å². The molecular formula is C22H23N3O3. The second-order valence-corrected chi connectivity index (χ2v) is 6.99. The van der Waals surface area contributed by atoms with Crippen LogP contribution in [0.15, 0.2) is 42.6 Å². The van der Waals surface area contributed by atoms with Crippen molar-refractivity contribution in [1.82, 2.24) is 15.1 Å². The van der Waals surface area contributed by atoms with E-state index in [1.807, 2.05) is 44.2 Å². The Morgan fingerprint density at radius 3 is 2.93 bits per heavy atom. The van der Waals surface area contributed by atoms with E-state index in [0.29, 0.717) is 37.4 Å². The zero-order valence-corrected chi connectivity index (χ0v) is 16.0. The Balaban J connectivity index is 1.71. The molecule has 0 fully saturated rings. The van der Waals surface area contributed by atoms with E-state index in [0.717, 1.165) is 27.9 Å². The van der Waals surface area contributed by atoms with E-state index in [1.54, 1.807) is 17.2 Å². The number of aromatic nitrogens is 2. The molecule has 1 aliphatic rings. The summed E-state index contributed by atoms with van der Waals surface area (Å²) < 4.78 is 5.79. The molecule has 4 rings (SSSR count). The van der Waals surface area contributed by atoms with Crippen LogP contribution in [0.1, 0.15) is 34.1 Å². The van der Waals surface area contributed by atoms with Crippen molar-refractivity contribution in [2.24, 2.45) is 0 Å². The van der Waals surface area contributed by atoms with Crippen LogP contribution in [0, 0.1) is 6.92 Å². The highest BCUT2D eigenvalue weighted by Gasteiger charge is 2.25. The van der Waals surface area contributed by atoms with Crippen LogP contribution in [0.3, 0.4) is 0 Å². The van der Waals surface area contributed by atoms with Crippen molar-refractivity contribution in [3.05, 3.63) is 65.0 Å². The molecule has 0 spiro atoms. The van der Waals surface area contributed by atoms with Crippen molar-refractivity contribution in [3.63, 3.8) is 0 Å². The second kappa shape index (κ2) is 7.38. The highest BCUT2D eigenvalue weighted by atomic mass is 16.5. The standard InChI is InChI=1S/C22H23N3O3/c1-3-19-18(12-23-24-19)22(27)25-8-9-28-21-16(13-25)10-15(11-20(21)26)17-7-5-4-6-14(17)2/h4-7,10-12,26H,3,8-9,13H2,1-2H3,(H,23,24). The Kier molecular flexibility index (Phi) is 4.77. The molecule has 2 N–H and O–H groups in total. The van der Waals surface area contributed by atoms with Crippen molar-refractivity contribution in [1.29, 1.82) is 0 Å². The normalized spacial score (nSPS) is 13.6. The van der Waals surface area contributed by atoms with Gasteiger partial charge in [0.1, 0.15) is 6.61 Å². The van der Waals surface area contributed by atoms with E-state index in [4.69, 9.17) is 4.74 Å². The van der Waals surface area contributed by atoms with Crippen LogP contribution in [0.2, 0.25) is 0 Å². The third kappa shape index (κ3) is 3.22. The van der Waals surface area contributed by atoms with Gasteiger partial charge >= 0.3 is 0 Å². The number of phenols is 1. The Hall–Kier alpha value is -3.28. The molecule has 6 heteroatoms. The van der Waals surface area contributed by atoms with Gasteiger partial charge in [0.25, 0.3) is 5.91 Å². The van der Waals surface area contributed by atoms with Gasteiger partial charge in [-0.2, -0.15) is 5.10 Å². The van der Waals surface area contributed by atoms with Gasteiger partial charge in [-0.1, -0.05) is 31.2 Å². The maximum Gasteiger partial charge on any atom is 0.257 e. The second-order valence-electron chi connectivity index (χ2n) is 6.99. The molecule has 1 aliphatic heterocycles. The number of ether oxygens (including phenoxy) is 1. The fourth-order valence-electron chi connectivity index (χ4n) is 3.66. The SMILES string of the molecule is CCc1[nH]ncc1C(=O)N1CCOc2c(O)cc(-c3ccccc3C)cc2C1. The van der Waals surface area contributed by atoms with Crippen LogP contribution in [0.4, 0.5) is 0 Å². The first kappa shape index (κ1) is 18.1. The highest BCUT2D eigenvalue weighted by molar-refractivity contribution is 5.95. The molecule has 1 aromatic heterocycles. The number of H-pyrrole nitrogens is 1. The number of aromatic hydroxyl groups is 1. The summed E-state index contributed by atoms with van der Waals surface area (Å²) in [6.45, 7) is 5.17. The monoisotopic (exact) mass is 377 g/mol. The van der Waals surface area contributed by atoms with Crippen LogP contribution in [0.25, 0.3) is 11.1 Å². The number of rotatable bonds is 3. The largest absolute Gasteiger partial charge is 0.504 e. The molecule has 0 bridgehead atoms. The molecule has 0 saturated heterocycles. The summed E-state index contributed by atoms with van der Waals surface area (Å²) >= 11 is 0. The van der Waals surface area contributed by atoms with Crippen molar-refractivity contribution < 1.29 is 14.6 Å². The van der Waals surface area contributed by atoms with Gasteiger partial charge in [0.05, 0.1) is 18.3 Å². The summed E-state index contributed by atoms with van der Waals surface area (Å²) in [7, 11) is 0. The summed E-state index contributed by atoms with van der Waals surface area (Å²) in [6, 6.07) is 11.7. The van der Waals surface area contributed by atoms with E-state index < -0.39 is 0 Å². The van der Waals surface area contributed by atoms with Gasteiger partial charge in [0.2, 0.25) is 0 Å². The predicted molar refractivity (Wildman–Crippen MR) is 106 cm³/mol. The van der Waals surface area contributed by atoms with Crippen molar-refractivity contribution in [2.45, 2.75) is 26.8 Å². The van der Waals surface area contributed by atoms with Gasteiger partial charge in [-0.05, 0) is 42.2 Å². The molecule has 0 saturated carbocycles. The summed E-state index contributed by atoms with van der Waals surface area (Å²) in [5.41, 5.74) is 5.29. The lowest BCUT2D eigenvalue weighted by molar-refractivity contribution is 0.0732. The maximum atomic E-state index is 13.0. The number of aromatic amines is 1. The van der Waals surface area contributed by atoms with E-state index in [9.17, 15) is 9.90 Å². The number of hydrogen-bond acceptors (Lipinski definition) is 4. The fourth-order valence-corrected chi connectivity index (χ4v) is 3.66. The molecule has 1 amide bonds. The van der Waals surface area contributed by atoms with E-state index in [2.05, 4.69) is 10.2 Å². The molecule has 3 aromatic rings. The summed E-state index contributed by atoms with van der Waals surface area (Å²) in [5, 5.41) is 17.5. The smallest absolute Gasteiger partial charge is 0.257 e. The number of carbonyl (C=O) groups is 1. The molecule has 0 radical (unpaired) electrons. The minimum atomic E-state index is -0.0807. The number of nitrogens with one attached hydrogen (secondary N) is 1. The average molecular weight is 377 g/mol. The van der Waals surface area contributed by atoms with Crippen LogP contribution < -0.4 is 4.74 Å². The molecule has 2 heterocycles. The Bertz CT molecular complexity index is 1030. The van der Waals surface area contributed by atoms with E-state index in [-0.39, 0.29) is 11.7 Å². The average Bonchev–Trinajstić information content (AvgIpc) is 3.06. The first-order valence-corrected chi connectivity index (χ1v) is 9.44. The number of hydrogen-bond donors (Lipinski definition) is 2. The van der Waals surface area contributed by atoms with Crippen molar-refractivity contribution >= 4 is 5.91 Å². The van der Waals surface area contributed by atoms with Crippen LogP contribution in [-0.4, -0.2) is 39.3 Å². The molecule has 0 unspecified atom stereocenters. The van der Waals surface area contributed by atoms with Gasteiger partial charge < -0.3 is 14.7 Å². The molecule has 28 heavy (non-hydrogen) atoms. The topological polar surface area (TPSA) is 78.5 Å². The minimum Gasteiger partial charge on any atom is -0.504 e. The summed E-state index contributed by atoms with van der Waals surface area (Å²) in [5.74, 6) is 0.473. The minimum absolute atomic E-state index is 0.0807. The number of nitrogens with zero attached hydrogens (tertiary/aromatic N) is 2.